The number of hydrogen-bond donors (Lipinski definition) is 3. The number of carboxylic acid groups (broad SMARTS) is 1. The van der Waals surface area contributed by atoms with Crippen molar-refractivity contribution in [2.45, 2.75) is 69.6 Å². The molecule has 2 unspecified atom stereocenters. The van der Waals surface area contributed by atoms with Gasteiger partial charge in [-0.3, -0.25) is 9.88 Å². The molecule has 1 aromatic heterocycles. The summed E-state index contributed by atoms with van der Waals surface area (Å²) >= 11 is 0. The van der Waals surface area contributed by atoms with E-state index in [4.69, 9.17) is 21.2 Å². The molecule has 3 rings (SSSR count). The molecule has 0 aromatic carbocycles. The van der Waals surface area contributed by atoms with Gasteiger partial charge in [0.1, 0.15) is 0 Å². The highest BCUT2D eigenvalue weighted by Crippen LogP contribution is 2.34. The molecule has 0 spiro atoms. The van der Waals surface area contributed by atoms with E-state index in [2.05, 4.69) is 11.0 Å². The van der Waals surface area contributed by atoms with Gasteiger partial charge in [-0.2, -0.15) is 0 Å². The van der Waals surface area contributed by atoms with Crippen molar-refractivity contribution in [3.63, 3.8) is 0 Å². The third-order valence-corrected chi connectivity index (χ3v) is 6.52. The minimum absolute atomic E-state index is 0.0402. The molecule has 1 saturated heterocycles. The summed E-state index contributed by atoms with van der Waals surface area (Å²) in [6, 6.07) is 4.36. The van der Waals surface area contributed by atoms with Crippen LogP contribution in [-0.4, -0.2) is 77.5 Å². The van der Waals surface area contributed by atoms with E-state index in [0.29, 0.717) is 32.8 Å². The highest BCUT2D eigenvalue weighted by molar-refractivity contribution is 5.66. The molecule has 5 N–H and O–H groups in total. The van der Waals surface area contributed by atoms with Crippen molar-refractivity contribution >= 4 is 6.09 Å². The molecule has 0 radical (unpaired) electrons. The van der Waals surface area contributed by atoms with Crippen LogP contribution in [0.15, 0.2) is 18.3 Å². The fraction of sp³-hybridized carbons (Fsp3) is 0.739. The van der Waals surface area contributed by atoms with E-state index in [1.807, 2.05) is 12.3 Å². The predicted octanol–water partition coefficient (Wildman–Crippen LogP) is 2.38. The Morgan fingerprint density at radius 3 is 2.84 bits per heavy atom. The summed E-state index contributed by atoms with van der Waals surface area (Å²) in [7, 11) is 0. The summed E-state index contributed by atoms with van der Waals surface area (Å²) in [6.07, 6.45) is 8.81. The second-order valence-corrected chi connectivity index (χ2v) is 8.76. The first kappa shape index (κ1) is 23.9. The van der Waals surface area contributed by atoms with Crippen LogP contribution in [-0.2, 0) is 11.2 Å². The first-order chi connectivity index (χ1) is 15.1. The lowest BCUT2D eigenvalue weighted by Gasteiger charge is -2.37. The van der Waals surface area contributed by atoms with Crippen LogP contribution < -0.4 is 11.5 Å². The second kappa shape index (κ2) is 12.3. The summed E-state index contributed by atoms with van der Waals surface area (Å²) in [5.41, 5.74) is 13.8. The molecule has 3 atom stereocenters. The molecule has 1 aromatic rings. The van der Waals surface area contributed by atoms with Crippen LogP contribution in [0, 0.1) is 0 Å². The molecule has 0 bridgehead atoms. The fourth-order valence-corrected chi connectivity index (χ4v) is 4.94. The Morgan fingerprint density at radius 1 is 1.26 bits per heavy atom. The number of likely N-dealkylation sites (tertiary alicyclic amines) is 1. The highest BCUT2D eigenvalue weighted by Gasteiger charge is 2.38. The van der Waals surface area contributed by atoms with E-state index in [1.54, 1.807) is 4.90 Å². The maximum absolute atomic E-state index is 12.0. The number of fused-ring (bicyclic) bond motifs is 1. The standard InChI is InChI=1S/C23H39N5O3/c24-10-1-3-13-27(21-9-5-7-18-8-6-12-26-22(18)21)16-19-15-20(17-28(19)23(29)30)31-14-4-2-11-25/h6,8,12,19-21H,1-5,7,9-11,13-17,24-25H2,(H,29,30)/t19?,20?,21-/m0/s1. The Kier molecular flexibility index (Phi) is 9.52. The lowest BCUT2D eigenvalue weighted by Crippen LogP contribution is -2.45. The fourth-order valence-electron chi connectivity index (χ4n) is 4.94. The van der Waals surface area contributed by atoms with Gasteiger partial charge in [0.15, 0.2) is 0 Å². The van der Waals surface area contributed by atoms with Gasteiger partial charge < -0.3 is 26.2 Å². The molecule has 8 nitrogen and oxygen atoms in total. The smallest absolute Gasteiger partial charge is 0.407 e. The number of nitrogens with zero attached hydrogens (tertiary/aromatic N) is 3. The third kappa shape index (κ3) is 6.62. The van der Waals surface area contributed by atoms with Gasteiger partial charge in [0.05, 0.1) is 30.4 Å². The van der Waals surface area contributed by atoms with Crippen LogP contribution in [0.5, 0.6) is 0 Å². The van der Waals surface area contributed by atoms with E-state index in [-0.39, 0.29) is 18.2 Å². The Hall–Kier alpha value is -1.74. The average molecular weight is 434 g/mol. The van der Waals surface area contributed by atoms with Gasteiger partial charge in [0.25, 0.3) is 0 Å². The number of ether oxygens (including phenoxy) is 1. The van der Waals surface area contributed by atoms with Crippen LogP contribution in [0.3, 0.4) is 0 Å². The normalized spacial score (nSPS) is 23.3. The van der Waals surface area contributed by atoms with Crippen molar-refractivity contribution in [3.8, 4) is 0 Å². The van der Waals surface area contributed by atoms with Crippen molar-refractivity contribution < 1.29 is 14.6 Å². The van der Waals surface area contributed by atoms with Crippen molar-refractivity contribution in [2.75, 3.05) is 39.3 Å². The van der Waals surface area contributed by atoms with Gasteiger partial charge in [-0.05, 0) is 82.6 Å². The Morgan fingerprint density at radius 2 is 2.06 bits per heavy atom. The van der Waals surface area contributed by atoms with Crippen molar-refractivity contribution in [2.24, 2.45) is 11.5 Å². The van der Waals surface area contributed by atoms with E-state index in [9.17, 15) is 9.90 Å². The second-order valence-electron chi connectivity index (χ2n) is 8.76. The molecule has 31 heavy (non-hydrogen) atoms. The predicted molar refractivity (Wildman–Crippen MR) is 121 cm³/mol. The lowest BCUT2D eigenvalue weighted by atomic mass is 9.90. The van der Waals surface area contributed by atoms with Crippen LogP contribution in [0.4, 0.5) is 4.79 Å². The number of carbonyl (C=O) groups is 1. The van der Waals surface area contributed by atoms with E-state index < -0.39 is 6.09 Å². The number of unbranched alkanes of at least 4 members (excludes halogenated alkanes) is 2. The molecule has 1 aliphatic heterocycles. The van der Waals surface area contributed by atoms with Crippen molar-refractivity contribution in [1.82, 2.24) is 14.8 Å². The molecular formula is C23H39N5O3. The van der Waals surface area contributed by atoms with Crippen molar-refractivity contribution in [3.05, 3.63) is 29.6 Å². The van der Waals surface area contributed by atoms with Gasteiger partial charge in [0, 0.05) is 19.3 Å². The molecule has 2 heterocycles. The first-order valence-corrected chi connectivity index (χ1v) is 11.8. The molecule has 1 fully saturated rings. The molecule has 8 heteroatoms. The maximum Gasteiger partial charge on any atom is 0.407 e. The number of aryl methyl sites for hydroxylation is 1. The Bertz CT molecular complexity index is 689. The lowest BCUT2D eigenvalue weighted by molar-refractivity contribution is 0.0564. The summed E-state index contributed by atoms with van der Waals surface area (Å²) in [4.78, 5) is 20.7. The molecule has 2 aliphatic rings. The number of pyridine rings is 1. The van der Waals surface area contributed by atoms with Gasteiger partial charge in [-0.15, -0.1) is 0 Å². The van der Waals surface area contributed by atoms with Crippen LogP contribution in [0.2, 0.25) is 0 Å². The van der Waals surface area contributed by atoms with Crippen molar-refractivity contribution in [1.29, 1.82) is 0 Å². The molecular weight excluding hydrogens is 394 g/mol. The number of amides is 1. The summed E-state index contributed by atoms with van der Waals surface area (Å²) < 4.78 is 5.99. The van der Waals surface area contributed by atoms with Gasteiger partial charge >= 0.3 is 6.09 Å². The summed E-state index contributed by atoms with van der Waals surface area (Å²) in [6.45, 7) is 4.04. The number of nitrogens with two attached hydrogens (primary N) is 2. The molecule has 0 saturated carbocycles. The zero-order valence-corrected chi connectivity index (χ0v) is 18.6. The monoisotopic (exact) mass is 433 g/mol. The van der Waals surface area contributed by atoms with Gasteiger partial charge in [-0.25, -0.2) is 4.79 Å². The third-order valence-electron chi connectivity index (χ3n) is 6.52. The maximum atomic E-state index is 12.0. The zero-order valence-electron chi connectivity index (χ0n) is 18.6. The summed E-state index contributed by atoms with van der Waals surface area (Å²) in [5, 5.41) is 9.81. The Labute approximate surface area is 185 Å². The van der Waals surface area contributed by atoms with E-state index >= 15 is 0 Å². The zero-order chi connectivity index (χ0) is 22.1. The minimum Gasteiger partial charge on any atom is -0.465 e. The van der Waals surface area contributed by atoms with Crippen LogP contribution in [0.25, 0.3) is 0 Å². The SMILES string of the molecule is NCCCCOC1CC(CN(CCCCN)[C@H]2CCCc3cccnc32)N(C(=O)O)C1. The largest absolute Gasteiger partial charge is 0.465 e. The molecule has 174 valence electrons. The van der Waals surface area contributed by atoms with Gasteiger partial charge in [-0.1, -0.05) is 6.07 Å². The van der Waals surface area contributed by atoms with E-state index in [0.717, 1.165) is 63.6 Å². The number of hydrogen-bond acceptors (Lipinski definition) is 6. The van der Waals surface area contributed by atoms with Gasteiger partial charge in [0.2, 0.25) is 0 Å². The Balaban J connectivity index is 1.70. The number of rotatable bonds is 12. The average Bonchev–Trinajstić information content (AvgIpc) is 3.19. The van der Waals surface area contributed by atoms with E-state index in [1.165, 1.54) is 5.56 Å². The number of aromatic nitrogens is 1. The van der Waals surface area contributed by atoms with Crippen LogP contribution in [0.1, 0.15) is 62.2 Å². The molecule has 1 aliphatic carbocycles. The quantitative estimate of drug-likeness (QED) is 0.433. The highest BCUT2D eigenvalue weighted by atomic mass is 16.5. The topological polar surface area (TPSA) is 118 Å². The minimum atomic E-state index is -0.859. The first-order valence-electron chi connectivity index (χ1n) is 11.8. The summed E-state index contributed by atoms with van der Waals surface area (Å²) in [5.74, 6) is 0. The van der Waals surface area contributed by atoms with Crippen LogP contribution >= 0.6 is 0 Å². The molecule has 1 amide bonds.